The molecule has 0 aliphatic carbocycles. The van der Waals surface area contributed by atoms with Crippen molar-refractivity contribution in [3.8, 4) is 5.69 Å². The van der Waals surface area contributed by atoms with Crippen LogP contribution in [0.4, 0.5) is 0 Å². The fraction of sp³-hybridized carbons (Fsp3) is 0.571. The average Bonchev–Trinajstić information content (AvgIpc) is 3.11. The van der Waals surface area contributed by atoms with E-state index in [1.807, 2.05) is 28.8 Å². The summed E-state index contributed by atoms with van der Waals surface area (Å²) in [7, 11) is 0. The molecule has 0 aromatic carbocycles. The van der Waals surface area contributed by atoms with Gasteiger partial charge in [-0.15, -0.1) is 0 Å². The second-order valence-corrected chi connectivity index (χ2v) is 8.18. The molecule has 7 nitrogen and oxygen atoms in total. The van der Waals surface area contributed by atoms with Gasteiger partial charge in [0.15, 0.2) is 0 Å². The van der Waals surface area contributed by atoms with Gasteiger partial charge in [0.05, 0.1) is 17.9 Å². The van der Waals surface area contributed by atoms with Gasteiger partial charge in [-0.2, -0.15) is 5.10 Å². The molecule has 2 aliphatic heterocycles. The highest BCUT2D eigenvalue weighted by Gasteiger charge is 2.26. The largest absolute Gasteiger partial charge is 0.339 e. The Kier molecular flexibility index (Phi) is 5.46. The number of rotatable bonds is 4. The molecular weight excluding hydrogens is 352 g/mol. The summed E-state index contributed by atoms with van der Waals surface area (Å²) in [5.41, 5.74) is 4.54. The first-order chi connectivity index (χ1) is 13.5. The van der Waals surface area contributed by atoms with E-state index in [1.54, 1.807) is 6.20 Å². The molecule has 2 aromatic heterocycles. The molecule has 1 fully saturated rings. The molecule has 150 valence electrons. The summed E-state index contributed by atoms with van der Waals surface area (Å²) in [5.74, 6) is 0.254. The van der Waals surface area contributed by atoms with Gasteiger partial charge < -0.3 is 4.90 Å². The van der Waals surface area contributed by atoms with E-state index in [0.717, 1.165) is 62.6 Å². The Bertz CT molecular complexity index is 837. The molecular formula is C21H30N6O. The Morgan fingerprint density at radius 2 is 1.96 bits per heavy atom. The zero-order valence-corrected chi connectivity index (χ0v) is 17.1. The van der Waals surface area contributed by atoms with E-state index in [9.17, 15) is 4.79 Å². The van der Waals surface area contributed by atoms with Crippen molar-refractivity contribution in [2.24, 2.45) is 0 Å². The van der Waals surface area contributed by atoms with Gasteiger partial charge in [-0.3, -0.25) is 19.6 Å². The molecule has 4 heterocycles. The van der Waals surface area contributed by atoms with Crippen LogP contribution in [0.15, 0.2) is 24.7 Å². The number of fused-ring (bicyclic) bond motifs is 1. The van der Waals surface area contributed by atoms with Crippen molar-refractivity contribution in [2.75, 3.05) is 39.3 Å². The number of carbonyl (C=O) groups excluding carboxylic acids is 1. The summed E-state index contributed by atoms with van der Waals surface area (Å²) >= 11 is 0. The van der Waals surface area contributed by atoms with Gasteiger partial charge in [-0.1, -0.05) is 0 Å². The summed E-state index contributed by atoms with van der Waals surface area (Å²) in [6.45, 7) is 12.3. The van der Waals surface area contributed by atoms with Crippen LogP contribution in [-0.4, -0.2) is 80.7 Å². The van der Waals surface area contributed by atoms with Gasteiger partial charge in [-0.05, 0) is 32.4 Å². The zero-order chi connectivity index (χ0) is 19.7. The molecule has 28 heavy (non-hydrogen) atoms. The normalized spacial score (nSPS) is 18.5. The van der Waals surface area contributed by atoms with E-state index in [0.29, 0.717) is 12.6 Å². The number of carbonyl (C=O) groups is 1. The lowest BCUT2D eigenvalue weighted by Crippen LogP contribution is -2.53. The van der Waals surface area contributed by atoms with Crippen LogP contribution in [-0.2, 0) is 17.8 Å². The fourth-order valence-corrected chi connectivity index (χ4v) is 4.13. The van der Waals surface area contributed by atoms with Crippen LogP contribution in [0.5, 0.6) is 0 Å². The van der Waals surface area contributed by atoms with Crippen molar-refractivity contribution in [1.29, 1.82) is 0 Å². The third-order valence-electron chi connectivity index (χ3n) is 5.93. The number of amides is 1. The van der Waals surface area contributed by atoms with Crippen molar-refractivity contribution >= 4 is 5.91 Å². The lowest BCUT2D eigenvalue weighted by Gasteiger charge is -2.38. The second kappa shape index (κ2) is 8.01. The van der Waals surface area contributed by atoms with Crippen molar-refractivity contribution < 1.29 is 4.79 Å². The molecule has 1 saturated heterocycles. The van der Waals surface area contributed by atoms with Crippen LogP contribution in [0.2, 0.25) is 0 Å². The standard InChI is InChI=1S/C21H30N6O/c1-16(2)25-8-10-26(11-9-25)21(28)15-24-7-5-19-18(13-24)14-27(23-19)20-4-6-22-12-17(20)3/h4,6,12,14,16H,5,7-11,13,15H2,1-3H3. The smallest absolute Gasteiger partial charge is 0.236 e. The van der Waals surface area contributed by atoms with Gasteiger partial charge in [-0.25, -0.2) is 4.68 Å². The first-order valence-electron chi connectivity index (χ1n) is 10.2. The maximum absolute atomic E-state index is 12.8. The van der Waals surface area contributed by atoms with E-state index in [-0.39, 0.29) is 5.91 Å². The maximum Gasteiger partial charge on any atom is 0.236 e. The molecule has 0 bridgehead atoms. The molecule has 2 aliphatic rings. The van der Waals surface area contributed by atoms with Crippen LogP contribution < -0.4 is 0 Å². The minimum atomic E-state index is 0.254. The Morgan fingerprint density at radius 1 is 1.18 bits per heavy atom. The van der Waals surface area contributed by atoms with Crippen molar-refractivity contribution in [1.82, 2.24) is 29.5 Å². The second-order valence-electron chi connectivity index (χ2n) is 8.18. The highest BCUT2D eigenvalue weighted by molar-refractivity contribution is 5.78. The number of pyridine rings is 1. The zero-order valence-electron chi connectivity index (χ0n) is 17.1. The molecule has 0 spiro atoms. The van der Waals surface area contributed by atoms with Crippen LogP contribution in [0, 0.1) is 6.92 Å². The van der Waals surface area contributed by atoms with Crippen LogP contribution in [0.25, 0.3) is 5.69 Å². The Labute approximate surface area is 166 Å². The molecule has 0 unspecified atom stereocenters. The Morgan fingerprint density at radius 3 is 2.68 bits per heavy atom. The van der Waals surface area contributed by atoms with Crippen molar-refractivity contribution in [3.05, 3.63) is 41.5 Å². The van der Waals surface area contributed by atoms with Gasteiger partial charge in [0.2, 0.25) is 5.91 Å². The minimum absolute atomic E-state index is 0.254. The SMILES string of the molecule is Cc1cnccc1-n1cc2c(n1)CCN(CC(=O)N1CCN(C(C)C)CC1)C2. The van der Waals surface area contributed by atoms with E-state index >= 15 is 0 Å². The van der Waals surface area contributed by atoms with E-state index in [2.05, 4.69) is 34.8 Å². The summed E-state index contributed by atoms with van der Waals surface area (Å²) in [4.78, 5) is 23.6. The molecule has 0 atom stereocenters. The summed E-state index contributed by atoms with van der Waals surface area (Å²) in [6, 6.07) is 2.55. The lowest BCUT2D eigenvalue weighted by molar-refractivity contribution is -0.134. The molecule has 0 N–H and O–H groups in total. The topological polar surface area (TPSA) is 57.5 Å². The molecule has 0 radical (unpaired) electrons. The van der Waals surface area contributed by atoms with E-state index < -0.39 is 0 Å². The van der Waals surface area contributed by atoms with Crippen LogP contribution in [0.1, 0.15) is 30.7 Å². The average molecular weight is 383 g/mol. The number of aromatic nitrogens is 3. The third kappa shape index (κ3) is 3.95. The number of hydrogen-bond donors (Lipinski definition) is 0. The number of nitrogens with zero attached hydrogens (tertiary/aromatic N) is 6. The first-order valence-corrected chi connectivity index (χ1v) is 10.2. The molecule has 1 amide bonds. The van der Waals surface area contributed by atoms with Crippen molar-refractivity contribution in [3.63, 3.8) is 0 Å². The molecule has 7 heteroatoms. The number of aryl methyl sites for hydroxylation is 1. The van der Waals surface area contributed by atoms with Gasteiger partial charge in [0.25, 0.3) is 0 Å². The summed E-state index contributed by atoms with van der Waals surface area (Å²) in [5, 5.41) is 4.77. The fourth-order valence-electron chi connectivity index (χ4n) is 4.13. The third-order valence-corrected chi connectivity index (χ3v) is 5.93. The van der Waals surface area contributed by atoms with Gasteiger partial charge in [0.1, 0.15) is 0 Å². The van der Waals surface area contributed by atoms with Gasteiger partial charge >= 0.3 is 0 Å². The quantitative estimate of drug-likeness (QED) is 0.802. The molecule has 4 rings (SSSR count). The molecule has 2 aromatic rings. The van der Waals surface area contributed by atoms with Crippen LogP contribution in [0.3, 0.4) is 0 Å². The lowest BCUT2D eigenvalue weighted by atomic mass is 10.1. The van der Waals surface area contributed by atoms with Crippen molar-refractivity contribution in [2.45, 2.75) is 39.8 Å². The monoisotopic (exact) mass is 382 g/mol. The summed E-state index contributed by atoms with van der Waals surface area (Å²) < 4.78 is 1.96. The molecule has 0 saturated carbocycles. The van der Waals surface area contributed by atoms with E-state index in [1.165, 1.54) is 5.56 Å². The minimum Gasteiger partial charge on any atom is -0.339 e. The Balaban J connectivity index is 1.37. The van der Waals surface area contributed by atoms with Gasteiger partial charge in [0, 0.05) is 75.9 Å². The maximum atomic E-state index is 12.8. The Hall–Kier alpha value is -2.25. The van der Waals surface area contributed by atoms with E-state index in [4.69, 9.17) is 5.10 Å². The van der Waals surface area contributed by atoms with Crippen LogP contribution >= 0.6 is 0 Å². The predicted molar refractivity (Wildman–Crippen MR) is 108 cm³/mol. The number of piperazine rings is 1. The summed E-state index contributed by atoms with van der Waals surface area (Å²) in [6.07, 6.45) is 6.66. The number of hydrogen-bond acceptors (Lipinski definition) is 5. The first kappa shape index (κ1) is 19.1. The highest BCUT2D eigenvalue weighted by Crippen LogP contribution is 2.21. The predicted octanol–water partition coefficient (Wildman–Crippen LogP) is 1.49. The highest BCUT2D eigenvalue weighted by atomic mass is 16.2.